The van der Waals surface area contributed by atoms with Crippen molar-refractivity contribution < 1.29 is 36.7 Å². The number of carbonyl (C=O) groups is 4. The van der Waals surface area contributed by atoms with Crippen LogP contribution in [0.1, 0.15) is 97.5 Å². The Morgan fingerprint density at radius 3 is 2.46 bits per heavy atom. The minimum Gasteiger partial charge on any atom is -0.470 e. The minimum atomic E-state index is -3.90. The quantitative estimate of drug-likeness (QED) is 0.198. The molecule has 0 spiro atoms. The van der Waals surface area contributed by atoms with Crippen LogP contribution in [0.2, 0.25) is 0 Å². The van der Waals surface area contributed by atoms with Crippen molar-refractivity contribution in [3.8, 4) is 17.3 Å². The summed E-state index contributed by atoms with van der Waals surface area (Å²) in [5.41, 5.74) is 1.79. The fourth-order valence-corrected chi connectivity index (χ4v) is 9.69. The molecule has 5 atom stereocenters. The zero-order chi connectivity index (χ0) is 41.7. The normalized spacial score (nSPS) is 26.1. The number of allylic oxidation sites excluding steroid dienone is 1. The van der Waals surface area contributed by atoms with E-state index in [0.717, 1.165) is 42.2 Å². The summed E-state index contributed by atoms with van der Waals surface area (Å²) in [5.74, 6) is -2.11. The molecule has 3 fully saturated rings. The van der Waals surface area contributed by atoms with Gasteiger partial charge in [0.15, 0.2) is 5.82 Å². The van der Waals surface area contributed by atoms with Crippen LogP contribution in [-0.4, -0.2) is 82.4 Å². The number of aromatic nitrogens is 2. The standard InChI is InChI=1S/C44H52N6O8S/c1-26(51)45-33-15-10-8-6-5-7-9-13-29-24-44(29,42(54)49-59(55,56)31-21-22-31)48-39(52)34-23-30(25-50(34)41(33)53)57-40-37-36(32-14-11-12-16-35(32)58-37)46-38(47-40)27-17-19-28(20-18-27)43(2,3)4/h9,11-14,16-20,29-31,33-34H,5-8,10,15,21-25H2,1-4H3,(H,45,51)(H,48,52)(H,49,54)/b13-9-. The fourth-order valence-electron chi connectivity index (χ4n) is 8.32. The summed E-state index contributed by atoms with van der Waals surface area (Å²) in [6.45, 7) is 7.74. The van der Waals surface area contributed by atoms with Crippen LogP contribution >= 0.6 is 0 Å². The number of nitrogens with zero attached hydrogens (tertiary/aromatic N) is 3. The van der Waals surface area contributed by atoms with Gasteiger partial charge in [-0.25, -0.2) is 13.4 Å². The monoisotopic (exact) mass is 824 g/mol. The van der Waals surface area contributed by atoms with Gasteiger partial charge in [-0.3, -0.25) is 23.9 Å². The first-order valence-corrected chi connectivity index (χ1v) is 22.3. The molecule has 14 nitrogen and oxygen atoms in total. The van der Waals surface area contributed by atoms with Crippen LogP contribution in [-0.2, 0) is 34.6 Å². The molecule has 15 heteroatoms. The molecule has 5 unspecified atom stereocenters. The molecule has 0 radical (unpaired) electrons. The van der Waals surface area contributed by atoms with Gasteiger partial charge in [0.1, 0.15) is 34.8 Å². The first kappa shape index (κ1) is 40.5. The second-order valence-electron chi connectivity index (χ2n) is 17.6. The Hall–Kier alpha value is -5.31. The molecular weight excluding hydrogens is 773 g/mol. The Labute approximate surface area is 344 Å². The molecule has 312 valence electrons. The van der Waals surface area contributed by atoms with E-state index in [9.17, 15) is 27.6 Å². The van der Waals surface area contributed by atoms with E-state index in [1.54, 1.807) is 0 Å². The maximum Gasteiger partial charge on any atom is 0.262 e. The molecule has 4 aliphatic rings. The topological polar surface area (TPSA) is 190 Å². The van der Waals surface area contributed by atoms with Crippen molar-refractivity contribution in [2.75, 3.05) is 6.54 Å². The van der Waals surface area contributed by atoms with E-state index in [-0.39, 0.29) is 36.6 Å². The Morgan fingerprint density at radius 1 is 0.983 bits per heavy atom. The van der Waals surface area contributed by atoms with E-state index in [4.69, 9.17) is 19.1 Å². The molecule has 2 aliphatic heterocycles. The number of rotatable bonds is 7. The van der Waals surface area contributed by atoms with E-state index in [1.165, 1.54) is 11.8 Å². The van der Waals surface area contributed by atoms with E-state index in [0.29, 0.717) is 48.2 Å². The minimum absolute atomic E-state index is 0.0181. The van der Waals surface area contributed by atoms with Gasteiger partial charge < -0.3 is 24.7 Å². The van der Waals surface area contributed by atoms with Crippen molar-refractivity contribution in [2.24, 2.45) is 5.92 Å². The van der Waals surface area contributed by atoms with Gasteiger partial charge in [-0.05, 0) is 61.6 Å². The lowest BCUT2D eigenvalue weighted by molar-refractivity contribution is -0.142. The zero-order valence-corrected chi connectivity index (χ0v) is 34.8. The number of ether oxygens (including phenoxy) is 1. The lowest BCUT2D eigenvalue weighted by atomic mass is 9.87. The van der Waals surface area contributed by atoms with Crippen LogP contribution in [0.4, 0.5) is 0 Å². The number of nitrogens with one attached hydrogen (secondary N) is 3. The molecule has 8 rings (SSSR count). The molecule has 0 bridgehead atoms. The van der Waals surface area contributed by atoms with Crippen LogP contribution < -0.4 is 20.1 Å². The smallest absolute Gasteiger partial charge is 0.262 e. The summed E-state index contributed by atoms with van der Waals surface area (Å²) in [6, 6.07) is 13.5. The molecule has 2 saturated carbocycles. The van der Waals surface area contributed by atoms with Crippen LogP contribution in [0.5, 0.6) is 5.88 Å². The van der Waals surface area contributed by atoms with E-state index >= 15 is 0 Å². The number of amides is 4. The largest absolute Gasteiger partial charge is 0.470 e. The molecule has 4 amide bonds. The summed E-state index contributed by atoms with van der Waals surface area (Å²) in [4.78, 5) is 66.5. The van der Waals surface area contributed by atoms with Gasteiger partial charge in [-0.1, -0.05) is 88.6 Å². The second-order valence-corrected chi connectivity index (χ2v) is 19.5. The highest BCUT2D eigenvalue weighted by molar-refractivity contribution is 7.91. The van der Waals surface area contributed by atoms with Crippen molar-refractivity contribution >= 4 is 55.7 Å². The van der Waals surface area contributed by atoms with Crippen molar-refractivity contribution in [1.82, 2.24) is 30.2 Å². The maximum absolute atomic E-state index is 14.5. The lowest BCUT2D eigenvalue weighted by Gasteiger charge is -2.29. The summed E-state index contributed by atoms with van der Waals surface area (Å²) in [6.07, 6.45) is 8.69. The maximum atomic E-state index is 14.5. The summed E-state index contributed by atoms with van der Waals surface area (Å²) in [5, 5.41) is 5.85. The number of hydrogen-bond donors (Lipinski definition) is 3. The number of sulfonamides is 1. The molecule has 4 heterocycles. The zero-order valence-electron chi connectivity index (χ0n) is 34.0. The van der Waals surface area contributed by atoms with E-state index in [2.05, 4.69) is 36.1 Å². The summed E-state index contributed by atoms with van der Waals surface area (Å²) < 4.78 is 41.0. The Morgan fingerprint density at radius 2 is 1.73 bits per heavy atom. The van der Waals surface area contributed by atoms with Crippen LogP contribution in [0.25, 0.3) is 33.5 Å². The van der Waals surface area contributed by atoms with Crippen molar-refractivity contribution in [1.29, 1.82) is 0 Å². The van der Waals surface area contributed by atoms with E-state index in [1.807, 2.05) is 60.7 Å². The van der Waals surface area contributed by atoms with E-state index < -0.39 is 62.6 Å². The number of fused-ring (bicyclic) bond motifs is 5. The van der Waals surface area contributed by atoms with Crippen LogP contribution in [0.15, 0.2) is 65.1 Å². The molecule has 3 N–H and O–H groups in total. The summed E-state index contributed by atoms with van der Waals surface area (Å²) in [7, 11) is -3.90. The fraction of sp³-hybridized carbons (Fsp3) is 0.500. The number of hydrogen-bond acceptors (Lipinski definition) is 10. The van der Waals surface area contributed by atoms with Gasteiger partial charge in [0, 0.05) is 30.2 Å². The molecule has 1 saturated heterocycles. The highest BCUT2D eigenvalue weighted by Crippen LogP contribution is 2.46. The Kier molecular flexibility index (Phi) is 10.8. The average Bonchev–Trinajstić information content (AvgIpc) is 4.09. The number of furan rings is 1. The third-order valence-corrected chi connectivity index (χ3v) is 13.8. The molecule has 2 aliphatic carbocycles. The third-order valence-electron chi connectivity index (χ3n) is 11.9. The Bertz CT molecular complexity index is 2440. The average molecular weight is 825 g/mol. The van der Waals surface area contributed by atoms with Crippen LogP contribution in [0.3, 0.4) is 0 Å². The van der Waals surface area contributed by atoms with Crippen LogP contribution in [0, 0.1) is 5.92 Å². The molecule has 2 aromatic heterocycles. The first-order chi connectivity index (χ1) is 28.1. The molecule has 2 aromatic carbocycles. The second kappa shape index (κ2) is 15.7. The van der Waals surface area contributed by atoms with Gasteiger partial charge in [0.25, 0.3) is 11.8 Å². The Balaban J connectivity index is 1.14. The summed E-state index contributed by atoms with van der Waals surface area (Å²) >= 11 is 0. The third kappa shape index (κ3) is 8.44. The molecular formula is C44H52N6O8S. The lowest BCUT2D eigenvalue weighted by Crippen LogP contribution is -2.58. The first-order valence-electron chi connectivity index (χ1n) is 20.7. The van der Waals surface area contributed by atoms with Gasteiger partial charge in [0.2, 0.25) is 33.3 Å². The highest BCUT2D eigenvalue weighted by atomic mass is 32.2. The number of para-hydroxylation sites is 1. The predicted octanol–water partition coefficient (Wildman–Crippen LogP) is 5.59. The molecule has 59 heavy (non-hydrogen) atoms. The van der Waals surface area contributed by atoms with Crippen molar-refractivity contribution in [3.63, 3.8) is 0 Å². The van der Waals surface area contributed by atoms with Gasteiger partial charge in [-0.15, -0.1) is 0 Å². The van der Waals surface area contributed by atoms with Gasteiger partial charge >= 0.3 is 0 Å². The number of benzene rings is 2. The highest BCUT2D eigenvalue weighted by Gasteiger charge is 2.62. The number of carbonyl (C=O) groups excluding carboxylic acids is 4. The predicted molar refractivity (Wildman–Crippen MR) is 221 cm³/mol. The van der Waals surface area contributed by atoms with Gasteiger partial charge in [0.05, 0.1) is 11.8 Å². The molecule has 4 aromatic rings. The van der Waals surface area contributed by atoms with Gasteiger partial charge in [-0.2, -0.15) is 4.98 Å². The van der Waals surface area contributed by atoms with Crippen molar-refractivity contribution in [3.05, 3.63) is 66.2 Å². The SMILES string of the molecule is CC(=O)NC1CCCCCC/C=C\C2CC2(C(=O)NS(=O)(=O)C2CC2)NC(=O)C2CC(Oc3nc(-c4ccc(C(C)(C)C)cc4)nc4c3oc3ccccc34)CN2C1=O. The van der Waals surface area contributed by atoms with Crippen molar-refractivity contribution in [2.45, 2.75) is 126 Å².